The van der Waals surface area contributed by atoms with Gasteiger partial charge in [0.2, 0.25) is 5.91 Å². The Kier molecular flexibility index (Phi) is 11.3. The van der Waals surface area contributed by atoms with E-state index in [0.717, 1.165) is 38.3 Å². The molecule has 0 bridgehead atoms. The van der Waals surface area contributed by atoms with Gasteiger partial charge in [-0.1, -0.05) is 77.8 Å². The second kappa shape index (κ2) is 16.7. The lowest BCUT2D eigenvalue weighted by Gasteiger charge is -2.36. The summed E-state index contributed by atoms with van der Waals surface area (Å²) in [5, 5.41) is 23.0. The third-order valence-corrected chi connectivity index (χ3v) is 10.5. The maximum atomic E-state index is 13.8. The van der Waals surface area contributed by atoms with Crippen LogP contribution in [-0.4, -0.2) is 53.8 Å². The minimum Gasteiger partial charge on any atom is -0.489 e. The summed E-state index contributed by atoms with van der Waals surface area (Å²) in [5.74, 6) is 0.325. The Balaban J connectivity index is 1.01. The van der Waals surface area contributed by atoms with Crippen LogP contribution in [0.25, 0.3) is 11.1 Å². The van der Waals surface area contributed by atoms with E-state index in [-0.39, 0.29) is 26.0 Å². The summed E-state index contributed by atoms with van der Waals surface area (Å²) < 4.78 is 23.4. The van der Waals surface area contributed by atoms with Crippen molar-refractivity contribution in [1.82, 2.24) is 10.2 Å². The molecule has 0 radical (unpaired) electrons. The van der Waals surface area contributed by atoms with Crippen molar-refractivity contribution in [1.29, 1.82) is 5.26 Å². The lowest BCUT2D eigenvalue weighted by molar-refractivity contribution is -0.145. The van der Waals surface area contributed by atoms with Crippen LogP contribution in [0, 0.1) is 11.3 Å². The third-order valence-electron chi connectivity index (χ3n) is 9.79. The third kappa shape index (κ3) is 8.52. The minimum atomic E-state index is -1.28. The molecule has 3 atom stereocenters. The summed E-state index contributed by atoms with van der Waals surface area (Å²) in [6.45, 7) is 0.473. The number of carbonyl (C=O) groups is 3. The molecule has 0 unspecified atom stereocenters. The first-order valence-electron chi connectivity index (χ1n) is 17.7. The van der Waals surface area contributed by atoms with E-state index in [0.29, 0.717) is 45.0 Å². The fourth-order valence-electron chi connectivity index (χ4n) is 6.74. The molecule has 7 rings (SSSR count). The predicted octanol–water partition coefficient (Wildman–Crippen LogP) is 7.93. The van der Waals surface area contributed by atoms with Gasteiger partial charge in [0.05, 0.1) is 35.3 Å². The average molecular weight is 793 g/mol. The SMILES string of the molecule is COC(=O)[C@H](Cc1ccc(-c2ccc(C#N)cc2)cc1)NC(=O)[C@@H]1Cc2cc3c(cc2CN1C(=O)O)O[C@H](c1ccc(OCc2ccc(Cl)c(Cl)c2)cc1)CO3. The summed E-state index contributed by atoms with van der Waals surface area (Å²) in [4.78, 5) is 40.2. The number of carbonyl (C=O) groups excluding carboxylic acids is 2. The van der Waals surface area contributed by atoms with E-state index < -0.39 is 36.2 Å². The Morgan fingerprint density at radius 2 is 1.57 bits per heavy atom. The summed E-state index contributed by atoms with van der Waals surface area (Å²) in [6, 6.07) is 30.9. The van der Waals surface area contributed by atoms with Crippen LogP contribution >= 0.6 is 23.2 Å². The van der Waals surface area contributed by atoms with E-state index in [9.17, 15) is 19.5 Å². The quantitative estimate of drug-likeness (QED) is 0.135. The fraction of sp³-hybridized carbons (Fsp3) is 0.209. The number of rotatable bonds is 10. The summed E-state index contributed by atoms with van der Waals surface area (Å²) in [6.07, 6.45) is -1.52. The van der Waals surface area contributed by atoms with Gasteiger partial charge in [0.15, 0.2) is 17.6 Å². The van der Waals surface area contributed by atoms with Crippen LogP contribution in [0.2, 0.25) is 10.0 Å². The van der Waals surface area contributed by atoms with E-state index in [1.165, 1.54) is 7.11 Å². The molecule has 11 nitrogen and oxygen atoms in total. The van der Waals surface area contributed by atoms with E-state index in [2.05, 4.69) is 11.4 Å². The lowest BCUT2D eigenvalue weighted by atomic mass is 9.92. The molecule has 0 saturated carbocycles. The molecule has 284 valence electrons. The highest BCUT2D eigenvalue weighted by molar-refractivity contribution is 6.42. The average Bonchev–Trinajstić information content (AvgIpc) is 3.22. The summed E-state index contributed by atoms with van der Waals surface area (Å²) in [7, 11) is 1.23. The van der Waals surface area contributed by atoms with Gasteiger partial charge in [0.25, 0.3) is 0 Å². The van der Waals surface area contributed by atoms with Gasteiger partial charge in [0.1, 0.15) is 31.0 Å². The highest BCUT2D eigenvalue weighted by Crippen LogP contribution is 2.41. The Hall–Kier alpha value is -6.22. The van der Waals surface area contributed by atoms with Crippen LogP contribution in [0.15, 0.2) is 103 Å². The molecule has 2 aliphatic heterocycles. The van der Waals surface area contributed by atoms with Crippen molar-refractivity contribution in [3.05, 3.63) is 147 Å². The van der Waals surface area contributed by atoms with E-state index in [4.69, 9.17) is 47.4 Å². The molecule has 2 amide bonds. The van der Waals surface area contributed by atoms with E-state index in [1.54, 1.807) is 36.4 Å². The zero-order valence-electron chi connectivity index (χ0n) is 30.0. The van der Waals surface area contributed by atoms with Gasteiger partial charge in [-0.25, -0.2) is 9.59 Å². The molecule has 0 saturated heterocycles. The van der Waals surface area contributed by atoms with Gasteiger partial charge in [-0.05, 0) is 87.5 Å². The zero-order chi connectivity index (χ0) is 39.3. The number of carboxylic acid groups (broad SMARTS) is 1. The van der Waals surface area contributed by atoms with Crippen LogP contribution in [0.3, 0.4) is 0 Å². The number of nitrogens with one attached hydrogen (secondary N) is 1. The molecule has 0 fully saturated rings. The van der Waals surface area contributed by atoms with Crippen molar-refractivity contribution in [3.63, 3.8) is 0 Å². The Morgan fingerprint density at radius 3 is 2.23 bits per heavy atom. The second-order valence-corrected chi connectivity index (χ2v) is 14.2. The number of nitriles is 1. The molecule has 2 heterocycles. The van der Waals surface area contributed by atoms with Crippen LogP contribution < -0.4 is 19.5 Å². The molecule has 2 aliphatic rings. The predicted molar refractivity (Wildman–Crippen MR) is 208 cm³/mol. The lowest BCUT2D eigenvalue weighted by Crippen LogP contribution is -2.55. The van der Waals surface area contributed by atoms with Gasteiger partial charge in [-0.2, -0.15) is 5.26 Å². The first-order chi connectivity index (χ1) is 27.1. The van der Waals surface area contributed by atoms with Crippen LogP contribution in [-0.2, 0) is 40.3 Å². The smallest absolute Gasteiger partial charge is 0.408 e. The van der Waals surface area contributed by atoms with Crippen molar-refractivity contribution in [2.45, 2.75) is 44.2 Å². The first kappa shape index (κ1) is 38.1. The zero-order valence-corrected chi connectivity index (χ0v) is 31.5. The second-order valence-electron chi connectivity index (χ2n) is 13.4. The fourth-order valence-corrected chi connectivity index (χ4v) is 7.06. The number of benzene rings is 5. The van der Waals surface area contributed by atoms with Crippen molar-refractivity contribution in [2.24, 2.45) is 0 Å². The molecule has 5 aromatic rings. The molecule has 0 aromatic heterocycles. The van der Waals surface area contributed by atoms with Crippen molar-refractivity contribution in [2.75, 3.05) is 13.7 Å². The number of halogens is 2. The number of esters is 1. The maximum Gasteiger partial charge on any atom is 0.408 e. The number of fused-ring (bicyclic) bond motifs is 2. The van der Waals surface area contributed by atoms with Crippen LogP contribution in [0.1, 0.15) is 39.5 Å². The maximum absolute atomic E-state index is 13.8. The van der Waals surface area contributed by atoms with Gasteiger partial charge >= 0.3 is 12.1 Å². The first-order valence-corrected chi connectivity index (χ1v) is 18.4. The van der Waals surface area contributed by atoms with Gasteiger partial charge < -0.3 is 29.4 Å². The van der Waals surface area contributed by atoms with Crippen LogP contribution in [0.4, 0.5) is 4.79 Å². The molecular weight excluding hydrogens is 757 g/mol. The van der Waals surface area contributed by atoms with Gasteiger partial charge in [-0.3, -0.25) is 9.69 Å². The summed E-state index contributed by atoms with van der Waals surface area (Å²) >= 11 is 12.1. The minimum absolute atomic E-state index is 0.0599. The largest absolute Gasteiger partial charge is 0.489 e. The monoisotopic (exact) mass is 791 g/mol. The Bertz CT molecular complexity index is 2310. The molecule has 0 spiro atoms. The Labute approximate surface area is 332 Å². The number of hydrogen-bond acceptors (Lipinski definition) is 8. The molecule has 2 N–H and O–H groups in total. The normalized spacial score (nSPS) is 16.1. The topological polar surface area (TPSA) is 147 Å². The number of amides is 2. The summed E-state index contributed by atoms with van der Waals surface area (Å²) in [5.41, 5.74) is 6.31. The molecule has 5 aromatic carbocycles. The van der Waals surface area contributed by atoms with E-state index >= 15 is 0 Å². The van der Waals surface area contributed by atoms with Crippen molar-refractivity contribution >= 4 is 41.2 Å². The van der Waals surface area contributed by atoms with Crippen LogP contribution in [0.5, 0.6) is 17.2 Å². The highest BCUT2D eigenvalue weighted by Gasteiger charge is 2.38. The number of methoxy groups -OCH3 is 1. The number of ether oxygens (including phenoxy) is 4. The molecular formula is C43H35Cl2N3O8. The number of hydrogen-bond donors (Lipinski definition) is 2. The van der Waals surface area contributed by atoms with Crippen molar-refractivity contribution in [3.8, 4) is 34.4 Å². The number of nitrogens with zero attached hydrogens (tertiary/aromatic N) is 2. The van der Waals surface area contributed by atoms with Gasteiger partial charge in [-0.15, -0.1) is 0 Å². The van der Waals surface area contributed by atoms with Gasteiger partial charge in [0, 0.05) is 12.8 Å². The molecule has 0 aliphatic carbocycles. The molecule has 13 heteroatoms. The van der Waals surface area contributed by atoms with Crippen molar-refractivity contribution < 1.29 is 38.4 Å². The van der Waals surface area contributed by atoms with E-state index in [1.807, 2.05) is 66.7 Å². The highest BCUT2D eigenvalue weighted by atomic mass is 35.5. The molecule has 56 heavy (non-hydrogen) atoms. The standard InChI is InChI=1S/C43H35Cl2N3O8/c1-53-42(50)36(17-25-2-7-28(8-3-25)29-9-4-26(21-46)5-10-29)47-41(49)37-18-31-19-38-39(20-32(31)22-48(37)43(51)52)56-40(24-55-38)30-11-13-33(14-12-30)54-23-27-6-15-34(44)35(45)16-27/h2-16,19-20,36-37,40H,17-18,22-24H2,1H3,(H,47,49)(H,51,52)/t36-,37-,40-/m0/s1. The Morgan fingerprint density at radius 1 is 0.893 bits per heavy atom.